The fourth-order valence-corrected chi connectivity index (χ4v) is 2.71. The van der Waals surface area contributed by atoms with Gasteiger partial charge in [-0.1, -0.05) is 41.1 Å². The smallest absolute Gasteiger partial charge is 0.155 e. The molecular formula is C19H14N2O2. The molecule has 0 saturated heterocycles. The molecule has 0 radical (unpaired) electrons. The Hall–Kier alpha value is -3.14. The highest BCUT2D eigenvalue weighted by atomic mass is 16.4. The van der Waals surface area contributed by atoms with Crippen LogP contribution in [0.15, 0.2) is 70.4 Å². The second-order valence-corrected chi connectivity index (χ2v) is 5.51. The Balaban J connectivity index is 1.99. The van der Waals surface area contributed by atoms with E-state index in [-0.39, 0.29) is 0 Å². The molecule has 0 spiro atoms. The first-order chi connectivity index (χ1) is 11.2. The Kier molecular flexibility index (Phi) is 3.08. The van der Waals surface area contributed by atoms with Gasteiger partial charge in [0, 0.05) is 23.0 Å². The molecule has 4 heteroatoms. The van der Waals surface area contributed by atoms with Crippen LogP contribution in [-0.2, 0) is 0 Å². The van der Waals surface area contributed by atoms with Crippen molar-refractivity contribution in [3.63, 3.8) is 0 Å². The first-order valence-corrected chi connectivity index (χ1v) is 7.32. The SMILES string of the molecule is Cc1ccc2oc(-c3cc4ccccc4cn3)c/c(=N\O)c2c1. The van der Waals surface area contributed by atoms with Gasteiger partial charge in [0.2, 0.25) is 0 Å². The van der Waals surface area contributed by atoms with Crippen LogP contribution in [0.4, 0.5) is 0 Å². The minimum atomic E-state index is 0.472. The van der Waals surface area contributed by atoms with Crippen LogP contribution in [-0.4, -0.2) is 10.2 Å². The average Bonchev–Trinajstić information content (AvgIpc) is 2.60. The fraction of sp³-hybridized carbons (Fsp3) is 0.0526. The van der Waals surface area contributed by atoms with Gasteiger partial charge in [0.05, 0.1) is 0 Å². The number of aromatic nitrogens is 1. The van der Waals surface area contributed by atoms with Crippen LogP contribution in [0.3, 0.4) is 0 Å². The lowest BCUT2D eigenvalue weighted by Gasteiger charge is -2.05. The zero-order valence-electron chi connectivity index (χ0n) is 12.5. The van der Waals surface area contributed by atoms with Crippen LogP contribution < -0.4 is 5.36 Å². The van der Waals surface area contributed by atoms with E-state index in [9.17, 15) is 5.21 Å². The summed E-state index contributed by atoms with van der Waals surface area (Å²) in [4.78, 5) is 4.46. The number of pyridine rings is 1. The fourth-order valence-electron chi connectivity index (χ4n) is 2.71. The van der Waals surface area contributed by atoms with Crippen molar-refractivity contribution >= 4 is 21.7 Å². The third kappa shape index (κ3) is 2.34. The van der Waals surface area contributed by atoms with Gasteiger partial charge in [-0.05, 0) is 30.5 Å². The number of fused-ring (bicyclic) bond motifs is 2. The van der Waals surface area contributed by atoms with Crippen molar-refractivity contribution in [1.82, 2.24) is 4.98 Å². The number of hydrogen-bond acceptors (Lipinski definition) is 4. The second-order valence-electron chi connectivity index (χ2n) is 5.51. The minimum Gasteiger partial charge on any atom is -0.454 e. The Labute approximate surface area is 132 Å². The van der Waals surface area contributed by atoms with E-state index in [1.807, 2.05) is 61.7 Å². The molecular weight excluding hydrogens is 288 g/mol. The molecule has 4 rings (SSSR count). The van der Waals surface area contributed by atoms with Gasteiger partial charge in [-0.15, -0.1) is 0 Å². The summed E-state index contributed by atoms with van der Waals surface area (Å²) in [6, 6.07) is 17.5. The van der Waals surface area contributed by atoms with Crippen molar-refractivity contribution in [3.05, 3.63) is 71.7 Å². The van der Waals surface area contributed by atoms with Gasteiger partial charge in [0.25, 0.3) is 0 Å². The van der Waals surface area contributed by atoms with Gasteiger partial charge in [-0.25, -0.2) is 0 Å². The highest BCUT2D eigenvalue weighted by Gasteiger charge is 2.08. The van der Waals surface area contributed by atoms with E-state index in [1.54, 1.807) is 6.07 Å². The van der Waals surface area contributed by atoms with Gasteiger partial charge in [-0.3, -0.25) is 4.98 Å². The summed E-state index contributed by atoms with van der Waals surface area (Å²) in [6.07, 6.45) is 1.81. The molecule has 4 nitrogen and oxygen atoms in total. The standard InChI is InChI=1S/C19H14N2O2/c1-12-6-7-18-15(8-12)16(21-22)10-19(23-18)17-9-13-4-2-3-5-14(13)11-20-17/h2-11,22H,1H3/b21-16+. The summed E-state index contributed by atoms with van der Waals surface area (Å²) in [6.45, 7) is 1.99. The van der Waals surface area contributed by atoms with E-state index in [1.165, 1.54) is 0 Å². The normalized spacial score (nSPS) is 12.1. The van der Waals surface area contributed by atoms with E-state index in [2.05, 4.69) is 10.1 Å². The molecule has 0 saturated carbocycles. The van der Waals surface area contributed by atoms with Crippen molar-refractivity contribution in [2.45, 2.75) is 6.92 Å². The number of benzene rings is 2. The third-order valence-corrected chi connectivity index (χ3v) is 3.89. The molecule has 0 atom stereocenters. The van der Waals surface area contributed by atoms with Gasteiger partial charge >= 0.3 is 0 Å². The zero-order chi connectivity index (χ0) is 15.8. The molecule has 4 aromatic rings. The lowest BCUT2D eigenvalue weighted by Crippen LogP contribution is -2.04. The highest BCUT2D eigenvalue weighted by Crippen LogP contribution is 2.24. The third-order valence-electron chi connectivity index (χ3n) is 3.89. The summed E-state index contributed by atoms with van der Waals surface area (Å²) in [5.74, 6) is 0.569. The summed E-state index contributed by atoms with van der Waals surface area (Å²) >= 11 is 0. The molecule has 23 heavy (non-hydrogen) atoms. The van der Waals surface area contributed by atoms with Crippen molar-refractivity contribution < 1.29 is 9.62 Å². The maximum atomic E-state index is 9.33. The predicted molar refractivity (Wildman–Crippen MR) is 89.0 cm³/mol. The largest absolute Gasteiger partial charge is 0.454 e. The lowest BCUT2D eigenvalue weighted by molar-refractivity contribution is 0.302. The Morgan fingerprint density at radius 2 is 1.83 bits per heavy atom. The molecule has 0 fully saturated rings. The number of hydrogen-bond donors (Lipinski definition) is 1. The summed E-state index contributed by atoms with van der Waals surface area (Å²) in [5.41, 5.74) is 2.45. The molecule has 0 bridgehead atoms. The Morgan fingerprint density at radius 1 is 1.00 bits per heavy atom. The van der Waals surface area contributed by atoms with Crippen LogP contribution in [0.5, 0.6) is 0 Å². The molecule has 0 amide bonds. The molecule has 2 aromatic heterocycles. The molecule has 2 heterocycles. The maximum Gasteiger partial charge on any atom is 0.155 e. The van der Waals surface area contributed by atoms with Crippen LogP contribution >= 0.6 is 0 Å². The Morgan fingerprint density at radius 3 is 2.65 bits per heavy atom. The van der Waals surface area contributed by atoms with E-state index in [0.717, 1.165) is 21.7 Å². The van der Waals surface area contributed by atoms with Gasteiger partial charge in [0.15, 0.2) is 5.76 Å². The molecule has 2 aromatic carbocycles. The first kappa shape index (κ1) is 13.5. The molecule has 1 N–H and O–H groups in total. The number of aryl methyl sites for hydroxylation is 1. The molecule has 0 aliphatic carbocycles. The van der Waals surface area contributed by atoms with E-state index in [4.69, 9.17) is 4.42 Å². The Bertz CT molecular complexity index is 1100. The van der Waals surface area contributed by atoms with E-state index in [0.29, 0.717) is 22.4 Å². The van der Waals surface area contributed by atoms with Crippen molar-refractivity contribution in [2.24, 2.45) is 5.16 Å². The van der Waals surface area contributed by atoms with Crippen molar-refractivity contribution in [2.75, 3.05) is 0 Å². The molecule has 0 aliphatic rings. The molecule has 0 aliphatic heterocycles. The minimum absolute atomic E-state index is 0.472. The van der Waals surface area contributed by atoms with Crippen molar-refractivity contribution in [3.8, 4) is 11.5 Å². The molecule has 112 valence electrons. The quantitative estimate of drug-likeness (QED) is 0.422. The lowest BCUT2D eigenvalue weighted by atomic mass is 10.1. The zero-order valence-corrected chi connectivity index (χ0v) is 12.5. The van der Waals surface area contributed by atoms with E-state index >= 15 is 0 Å². The number of nitrogens with zero attached hydrogens (tertiary/aromatic N) is 2. The topological polar surface area (TPSA) is 58.6 Å². The summed E-state index contributed by atoms with van der Waals surface area (Å²) < 4.78 is 5.96. The molecule has 0 unspecified atom stereocenters. The van der Waals surface area contributed by atoms with Crippen LogP contribution in [0, 0.1) is 6.92 Å². The van der Waals surface area contributed by atoms with Gasteiger partial charge in [-0.2, -0.15) is 0 Å². The number of rotatable bonds is 1. The highest BCUT2D eigenvalue weighted by molar-refractivity contribution is 5.85. The van der Waals surface area contributed by atoms with Crippen LogP contribution in [0.25, 0.3) is 33.2 Å². The average molecular weight is 302 g/mol. The van der Waals surface area contributed by atoms with Crippen molar-refractivity contribution in [1.29, 1.82) is 0 Å². The maximum absolute atomic E-state index is 9.33. The van der Waals surface area contributed by atoms with Gasteiger partial charge in [0.1, 0.15) is 16.6 Å². The predicted octanol–water partition coefficient (Wildman–Crippen LogP) is 4.25. The van der Waals surface area contributed by atoms with E-state index < -0.39 is 0 Å². The summed E-state index contributed by atoms with van der Waals surface area (Å²) in [7, 11) is 0. The van der Waals surface area contributed by atoms with Crippen LogP contribution in [0.1, 0.15) is 5.56 Å². The van der Waals surface area contributed by atoms with Crippen LogP contribution in [0.2, 0.25) is 0 Å². The van der Waals surface area contributed by atoms with Gasteiger partial charge < -0.3 is 9.62 Å². The second kappa shape index (κ2) is 5.25. The monoisotopic (exact) mass is 302 g/mol. The summed E-state index contributed by atoms with van der Waals surface area (Å²) in [5, 5.41) is 16.1. The first-order valence-electron chi connectivity index (χ1n) is 7.32.